The molecule has 27 heavy (non-hydrogen) atoms. The zero-order valence-electron chi connectivity index (χ0n) is 15.1. The lowest BCUT2D eigenvalue weighted by atomic mass is 10.3. The predicted octanol–water partition coefficient (Wildman–Crippen LogP) is 3.01. The van der Waals surface area contributed by atoms with Gasteiger partial charge >= 0.3 is 0 Å². The molecule has 144 valence electrons. The van der Waals surface area contributed by atoms with Gasteiger partial charge in [0.15, 0.2) is 0 Å². The Morgan fingerprint density at radius 1 is 1.22 bits per heavy atom. The Labute approximate surface area is 163 Å². The van der Waals surface area contributed by atoms with Gasteiger partial charge in [-0.15, -0.1) is 11.3 Å². The number of rotatable bonds is 5. The Morgan fingerprint density at radius 3 is 2.59 bits per heavy atom. The minimum atomic E-state index is -3.45. The normalized spacial score (nSPS) is 23.8. The molecule has 8 heteroatoms. The summed E-state index contributed by atoms with van der Waals surface area (Å²) in [5.74, 6) is 2.73. The van der Waals surface area contributed by atoms with E-state index in [1.165, 1.54) is 21.7 Å². The van der Waals surface area contributed by atoms with Crippen molar-refractivity contribution in [3.05, 3.63) is 47.2 Å². The summed E-state index contributed by atoms with van der Waals surface area (Å²) in [6.07, 6.45) is 4.35. The quantitative estimate of drug-likeness (QED) is 0.716. The van der Waals surface area contributed by atoms with Crippen LogP contribution < -0.4 is 0 Å². The molecule has 1 aliphatic heterocycles. The van der Waals surface area contributed by atoms with E-state index >= 15 is 0 Å². The zero-order valence-corrected chi connectivity index (χ0v) is 16.7. The summed E-state index contributed by atoms with van der Waals surface area (Å²) in [5.41, 5.74) is 0. The largest absolute Gasteiger partial charge is 0.461 e. The number of furan rings is 1. The van der Waals surface area contributed by atoms with Gasteiger partial charge in [-0.05, 0) is 42.0 Å². The van der Waals surface area contributed by atoms with Gasteiger partial charge in [-0.1, -0.05) is 13.0 Å². The number of carbonyl (C=O) groups excluding carboxylic acids is 1. The minimum Gasteiger partial charge on any atom is -0.461 e. The van der Waals surface area contributed by atoms with Crippen molar-refractivity contribution in [2.45, 2.75) is 23.5 Å². The molecule has 2 unspecified atom stereocenters. The topological polar surface area (TPSA) is 70.8 Å². The van der Waals surface area contributed by atoms with Gasteiger partial charge in [0.25, 0.3) is 10.0 Å². The van der Waals surface area contributed by atoms with Gasteiger partial charge in [0, 0.05) is 38.2 Å². The Kier molecular flexibility index (Phi) is 4.96. The maximum Gasteiger partial charge on any atom is 0.252 e. The third kappa shape index (κ3) is 3.88. The maximum absolute atomic E-state index is 12.5. The molecule has 1 saturated carbocycles. The third-order valence-electron chi connectivity index (χ3n) is 5.15. The first-order chi connectivity index (χ1) is 12.9. The molecule has 0 spiro atoms. The van der Waals surface area contributed by atoms with E-state index in [1.54, 1.807) is 28.5 Å². The van der Waals surface area contributed by atoms with Crippen molar-refractivity contribution in [1.29, 1.82) is 0 Å². The molecule has 2 aromatic heterocycles. The predicted molar refractivity (Wildman–Crippen MR) is 104 cm³/mol. The highest BCUT2D eigenvalue weighted by Crippen LogP contribution is 2.47. The second-order valence-electron chi connectivity index (χ2n) is 7.05. The van der Waals surface area contributed by atoms with Gasteiger partial charge in [-0.3, -0.25) is 4.79 Å². The fraction of sp³-hybridized carbons (Fsp3) is 0.421. The van der Waals surface area contributed by atoms with E-state index in [0.717, 1.165) is 12.2 Å². The molecule has 2 fully saturated rings. The SMILES string of the molecule is CC1CC1c1ccc(/C=C/C(=O)N2CCN(S(=O)(=O)c3cccs3)CC2)o1. The summed E-state index contributed by atoms with van der Waals surface area (Å²) >= 11 is 1.21. The molecule has 2 aromatic rings. The molecule has 1 saturated heterocycles. The molecule has 4 rings (SSSR count). The molecular weight excluding hydrogens is 384 g/mol. The van der Waals surface area contributed by atoms with Crippen LogP contribution in [0.25, 0.3) is 6.08 Å². The summed E-state index contributed by atoms with van der Waals surface area (Å²) in [5, 5.41) is 1.75. The van der Waals surface area contributed by atoms with Gasteiger partial charge in [-0.2, -0.15) is 4.31 Å². The molecule has 1 aliphatic carbocycles. The van der Waals surface area contributed by atoms with Crippen molar-refractivity contribution in [3.63, 3.8) is 0 Å². The summed E-state index contributed by atoms with van der Waals surface area (Å²) in [7, 11) is -3.45. The second kappa shape index (κ2) is 7.26. The maximum atomic E-state index is 12.5. The Morgan fingerprint density at radius 2 is 1.96 bits per heavy atom. The fourth-order valence-corrected chi connectivity index (χ4v) is 5.89. The van der Waals surface area contributed by atoms with Gasteiger partial charge in [-0.25, -0.2) is 8.42 Å². The zero-order chi connectivity index (χ0) is 19.0. The second-order valence-corrected chi connectivity index (χ2v) is 10.2. The van der Waals surface area contributed by atoms with E-state index in [2.05, 4.69) is 6.92 Å². The standard InChI is InChI=1S/C19H22N2O4S2/c1-14-13-16(14)17-6-4-15(25-17)5-7-18(22)20-8-10-21(11-9-20)27(23,24)19-3-2-12-26-19/h2-7,12,14,16H,8-11,13H2,1H3/b7-5+. The van der Waals surface area contributed by atoms with E-state index in [9.17, 15) is 13.2 Å². The Bertz CT molecular complexity index is 938. The van der Waals surface area contributed by atoms with E-state index in [1.807, 2.05) is 12.1 Å². The average Bonchev–Trinajstić information content (AvgIpc) is 3.12. The summed E-state index contributed by atoms with van der Waals surface area (Å²) < 4.78 is 32.6. The summed E-state index contributed by atoms with van der Waals surface area (Å²) in [6.45, 7) is 3.59. The molecule has 2 atom stereocenters. The van der Waals surface area contributed by atoms with Crippen molar-refractivity contribution in [1.82, 2.24) is 9.21 Å². The number of hydrogen-bond acceptors (Lipinski definition) is 5. The molecule has 2 aliphatic rings. The van der Waals surface area contributed by atoms with Crippen LogP contribution in [0.1, 0.15) is 30.8 Å². The highest BCUT2D eigenvalue weighted by atomic mass is 32.2. The van der Waals surface area contributed by atoms with Gasteiger partial charge in [0.2, 0.25) is 5.91 Å². The van der Waals surface area contributed by atoms with Crippen molar-refractivity contribution in [3.8, 4) is 0 Å². The van der Waals surface area contributed by atoms with E-state index in [0.29, 0.717) is 48.0 Å². The van der Waals surface area contributed by atoms with Crippen LogP contribution in [0.3, 0.4) is 0 Å². The van der Waals surface area contributed by atoms with Gasteiger partial charge < -0.3 is 9.32 Å². The molecule has 0 radical (unpaired) electrons. The van der Waals surface area contributed by atoms with E-state index in [-0.39, 0.29) is 5.91 Å². The smallest absolute Gasteiger partial charge is 0.252 e. The number of amides is 1. The van der Waals surface area contributed by atoms with Crippen LogP contribution in [-0.4, -0.2) is 49.7 Å². The van der Waals surface area contributed by atoms with Crippen LogP contribution >= 0.6 is 11.3 Å². The average molecular weight is 407 g/mol. The van der Waals surface area contributed by atoms with Crippen LogP contribution in [0.15, 0.2) is 44.3 Å². The molecular formula is C19H22N2O4S2. The first-order valence-electron chi connectivity index (χ1n) is 9.05. The highest BCUT2D eigenvalue weighted by molar-refractivity contribution is 7.91. The third-order valence-corrected chi connectivity index (χ3v) is 8.42. The number of sulfonamides is 1. The van der Waals surface area contributed by atoms with Crippen LogP contribution in [-0.2, 0) is 14.8 Å². The van der Waals surface area contributed by atoms with Crippen LogP contribution in [0.4, 0.5) is 0 Å². The molecule has 1 amide bonds. The van der Waals surface area contributed by atoms with Crippen LogP contribution in [0, 0.1) is 5.92 Å². The lowest BCUT2D eigenvalue weighted by molar-refractivity contribution is -0.127. The van der Waals surface area contributed by atoms with Crippen LogP contribution in [0.5, 0.6) is 0 Å². The lowest BCUT2D eigenvalue weighted by Crippen LogP contribution is -2.50. The molecule has 0 bridgehead atoms. The molecule has 0 N–H and O–H groups in total. The number of hydrogen-bond donors (Lipinski definition) is 0. The van der Waals surface area contributed by atoms with Gasteiger partial charge in [0.1, 0.15) is 15.7 Å². The van der Waals surface area contributed by atoms with Crippen molar-refractivity contribution in [2.75, 3.05) is 26.2 Å². The van der Waals surface area contributed by atoms with Gasteiger partial charge in [0.05, 0.1) is 0 Å². The first-order valence-corrected chi connectivity index (χ1v) is 11.4. The van der Waals surface area contributed by atoms with Crippen LogP contribution in [0.2, 0.25) is 0 Å². The monoisotopic (exact) mass is 406 g/mol. The van der Waals surface area contributed by atoms with E-state index < -0.39 is 10.0 Å². The summed E-state index contributed by atoms with van der Waals surface area (Å²) in [6, 6.07) is 7.20. The van der Waals surface area contributed by atoms with Crippen molar-refractivity contribution >= 4 is 33.3 Å². The molecule has 0 aromatic carbocycles. The Hall–Kier alpha value is -1.90. The fourth-order valence-electron chi connectivity index (χ4n) is 3.32. The van der Waals surface area contributed by atoms with E-state index in [4.69, 9.17) is 4.42 Å². The Balaban J connectivity index is 1.33. The van der Waals surface area contributed by atoms with Crippen molar-refractivity contribution < 1.29 is 17.6 Å². The lowest BCUT2D eigenvalue weighted by Gasteiger charge is -2.33. The number of nitrogens with zero attached hydrogens (tertiary/aromatic N) is 2. The van der Waals surface area contributed by atoms with Crippen molar-refractivity contribution in [2.24, 2.45) is 5.92 Å². The number of thiophene rings is 1. The molecule has 6 nitrogen and oxygen atoms in total. The summed E-state index contributed by atoms with van der Waals surface area (Å²) in [4.78, 5) is 14.1. The molecule has 3 heterocycles. The first kappa shape index (κ1) is 18.5. The highest BCUT2D eigenvalue weighted by Gasteiger charge is 2.36. The number of piperazine rings is 1. The minimum absolute atomic E-state index is 0.124. The number of carbonyl (C=O) groups is 1.